The smallest absolute Gasteiger partial charge is 0.174 e. The van der Waals surface area contributed by atoms with Crippen LogP contribution in [0.5, 0.6) is 0 Å². The summed E-state index contributed by atoms with van der Waals surface area (Å²) >= 11 is 0. The predicted molar refractivity (Wildman–Crippen MR) is 73.1 cm³/mol. The van der Waals surface area contributed by atoms with E-state index in [2.05, 4.69) is 17.0 Å². The molecule has 1 heterocycles. The van der Waals surface area contributed by atoms with Gasteiger partial charge in [0.1, 0.15) is 0 Å². The number of Topliss-reactive ketones (excluding diaryl/α,β-unsaturated/α-hetero) is 1. The van der Waals surface area contributed by atoms with Gasteiger partial charge < -0.3 is 4.90 Å². The van der Waals surface area contributed by atoms with Crippen LogP contribution in [0.4, 0.5) is 0 Å². The molecule has 1 fully saturated rings. The highest BCUT2D eigenvalue weighted by Crippen LogP contribution is 2.15. The van der Waals surface area contributed by atoms with E-state index in [0.29, 0.717) is 6.54 Å². The molecule has 18 heavy (non-hydrogen) atoms. The number of likely N-dealkylation sites (tertiary alicyclic amines) is 1. The summed E-state index contributed by atoms with van der Waals surface area (Å²) in [5, 5.41) is 0. The maximum Gasteiger partial charge on any atom is 0.174 e. The molecular weight excluding hydrogens is 224 g/mol. The first-order chi connectivity index (χ1) is 8.65. The summed E-state index contributed by atoms with van der Waals surface area (Å²) in [6.45, 7) is 2.36. The van der Waals surface area contributed by atoms with Crippen LogP contribution < -0.4 is 0 Å². The molecular formula is C15H20N2O. The lowest BCUT2D eigenvalue weighted by Crippen LogP contribution is -2.36. The van der Waals surface area contributed by atoms with Crippen LogP contribution in [0.2, 0.25) is 0 Å². The van der Waals surface area contributed by atoms with Crippen LogP contribution in [0, 0.1) is 0 Å². The number of nitrogens with zero attached hydrogens (tertiary/aromatic N) is 2. The summed E-state index contributed by atoms with van der Waals surface area (Å²) in [5.74, 6) is 0.255. The monoisotopic (exact) mass is 244 g/mol. The summed E-state index contributed by atoms with van der Waals surface area (Å²) in [7, 11) is 3.91. The zero-order chi connectivity index (χ0) is 13.0. The zero-order valence-electron chi connectivity index (χ0n) is 11.1. The normalized spacial score (nSPS) is 19.2. The maximum atomic E-state index is 12.0. The van der Waals surface area contributed by atoms with Gasteiger partial charge in [0.15, 0.2) is 5.78 Å². The number of carbonyl (C=O) groups is 1. The Morgan fingerprint density at radius 1 is 1.28 bits per heavy atom. The highest BCUT2D eigenvalue weighted by Gasteiger charge is 2.21. The van der Waals surface area contributed by atoms with Crippen LogP contribution >= 0.6 is 0 Å². The van der Waals surface area contributed by atoms with E-state index in [-0.39, 0.29) is 5.78 Å². The van der Waals surface area contributed by atoms with Gasteiger partial charge in [0.25, 0.3) is 0 Å². The van der Waals surface area contributed by atoms with E-state index in [9.17, 15) is 4.79 Å². The van der Waals surface area contributed by atoms with Crippen LogP contribution in [0.15, 0.2) is 42.1 Å². The number of carbonyl (C=O) groups excluding carboxylic acids is 1. The van der Waals surface area contributed by atoms with Crippen LogP contribution in [-0.4, -0.2) is 42.8 Å². The summed E-state index contributed by atoms with van der Waals surface area (Å²) in [6, 6.07) is 10.3. The lowest BCUT2D eigenvalue weighted by molar-refractivity contribution is -0.118. The first-order valence-electron chi connectivity index (χ1n) is 6.32. The van der Waals surface area contributed by atoms with Crippen molar-refractivity contribution in [1.82, 2.24) is 9.80 Å². The SMILES string of the molecule is CN(C)C=C1CCN(Cc2ccccc2)CC1=O. The Hall–Kier alpha value is -1.61. The molecule has 96 valence electrons. The van der Waals surface area contributed by atoms with Gasteiger partial charge in [-0.1, -0.05) is 30.3 Å². The minimum absolute atomic E-state index is 0.255. The van der Waals surface area contributed by atoms with Crippen molar-refractivity contribution in [3.8, 4) is 0 Å². The Morgan fingerprint density at radius 2 is 2.00 bits per heavy atom. The maximum absolute atomic E-state index is 12.0. The van der Waals surface area contributed by atoms with E-state index in [4.69, 9.17) is 0 Å². The van der Waals surface area contributed by atoms with Crippen molar-refractivity contribution in [2.24, 2.45) is 0 Å². The first-order valence-corrected chi connectivity index (χ1v) is 6.32. The fourth-order valence-corrected chi connectivity index (χ4v) is 2.23. The molecule has 1 aliphatic rings. The van der Waals surface area contributed by atoms with Crippen molar-refractivity contribution in [1.29, 1.82) is 0 Å². The highest BCUT2D eigenvalue weighted by molar-refractivity contribution is 5.97. The Morgan fingerprint density at radius 3 is 2.61 bits per heavy atom. The van der Waals surface area contributed by atoms with E-state index in [1.165, 1.54) is 5.56 Å². The molecule has 0 spiro atoms. The summed E-state index contributed by atoms with van der Waals surface area (Å²) < 4.78 is 0. The fraction of sp³-hybridized carbons (Fsp3) is 0.400. The standard InChI is InChI=1S/C15H20N2O/c1-16(2)11-14-8-9-17(12-15(14)18)10-13-6-4-3-5-7-13/h3-7,11H,8-10,12H2,1-2H3. The Kier molecular flexibility index (Phi) is 4.15. The Bertz CT molecular complexity index is 437. The molecule has 3 nitrogen and oxygen atoms in total. The third-order valence-corrected chi connectivity index (χ3v) is 3.09. The van der Waals surface area contributed by atoms with Crippen molar-refractivity contribution < 1.29 is 4.79 Å². The fourth-order valence-electron chi connectivity index (χ4n) is 2.23. The van der Waals surface area contributed by atoms with Gasteiger partial charge >= 0.3 is 0 Å². The molecule has 1 aliphatic heterocycles. The molecule has 3 heteroatoms. The number of hydrogen-bond donors (Lipinski definition) is 0. The third kappa shape index (κ3) is 3.44. The molecule has 0 saturated carbocycles. The molecule has 0 amide bonds. The Labute approximate surface area is 109 Å². The average Bonchev–Trinajstić information content (AvgIpc) is 2.33. The molecule has 0 N–H and O–H groups in total. The van der Waals surface area contributed by atoms with Crippen LogP contribution in [0.25, 0.3) is 0 Å². The van der Waals surface area contributed by atoms with E-state index in [0.717, 1.165) is 25.1 Å². The quantitative estimate of drug-likeness (QED) is 0.759. The molecule has 1 saturated heterocycles. The lowest BCUT2D eigenvalue weighted by Gasteiger charge is -2.27. The molecule has 1 aromatic rings. The average molecular weight is 244 g/mol. The van der Waals surface area contributed by atoms with Crippen LogP contribution in [0.3, 0.4) is 0 Å². The van der Waals surface area contributed by atoms with Gasteiger partial charge in [-0.2, -0.15) is 0 Å². The number of benzene rings is 1. The van der Waals surface area contributed by atoms with Crippen molar-refractivity contribution in [2.45, 2.75) is 13.0 Å². The topological polar surface area (TPSA) is 23.6 Å². The van der Waals surface area contributed by atoms with Crippen molar-refractivity contribution in [3.63, 3.8) is 0 Å². The molecule has 0 bridgehead atoms. The minimum atomic E-state index is 0.255. The van der Waals surface area contributed by atoms with Crippen LogP contribution in [0.1, 0.15) is 12.0 Å². The largest absolute Gasteiger partial charge is 0.383 e. The van der Waals surface area contributed by atoms with Crippen molar-refractivity contribution >= 4 is 5.78 Å². The van der Waals surface area contributed by atoms with Gasteiger partial charge in [0, 0.05) is 39.0 Å². The van der Waals surface area contributed by atoms with E-state index in [1.807, 2.05) is 43.4 Å². The van der Waals surface area contributed by atoms with Gasteiger partial charge in [-0.05, 0) is 12.0 Å². The predicted octanol–water partition coefficient (Wildman–Crippen LogP) is 1.91. The van der Waals surface area contributed by atoms with Gasteiger partial charge in [-0.25, -0.2) is 0 Å². The second kappa shape index (κ2) is 5.83. The Balaban J connectivity index is 1.95. The minimum Gasteiger partial charge on any atom is -0.383 e. The molecule has 0 atom stereocenters. The highest BCUT2D eigenvalue weighted by atomic mass is 16.1. The first kappa shape index (κ1) is 12.8. The number of rotatable bonds is 3. The van der Waals surface area contributed by atoms with Crippen molar-refractivity contribution in [3.05, 3.63) is 47.7 Å². The number of piperidine rings is 1. The number of ketones is 1. The lowest BCUT2D eigenvalue weighted by atomic mass is 10.0. The second-order valence-corrected chi connectivity index (χ2v) is 4.99. The number of hydrogen-bond acceptors (Lipinski definition) is 3. The molecule has 0 aromatic heterocycles. The van der Waals surface area contributed by atoms with Crippen molar-refractivity contribution in [2.75, 3.05) is 27.2 Å². The second-order valence-electron chi connectivity index (χ2n) is 4.99. The van der Waals surface area contributed by atoms with E-state index >= 15 is 0 Å². The molecule has 0 aliphatic carbocycles. The molecule has 1 aromatic carbocycles. The van der Waals surface area contributed by atoms with Gasteiger partial charge in [-0.3, -0.25) is 9.69 Å². The summed E-state index contributed by atoms with van der Waals surface area (Å²) in [4.78, 5) is 16.2. The van der Waals surface area contributed by atoms with Gasteiger partial charge in [-0.15, -0.1) is 0 Å². The van der Waals surface area contributed by atoms with Gasteiger partial charge in [0.05, 0.1) is 6.54 Å². The molecule has 0 radical (unpaired) electrons. The summed E-state index contributed by atoms with van der Waals surface area (Å²) in [5.41, 5.74) is 2.22. The van der Waals surface area contributed by atoms with E-state index in [1.54, 1.807) is 0 Å². The van der Waals surface area contributed by atoms with Gasteiger partial charge in [0.2, 0.25) is 0 Å². The van der Waals surface area contributed by atoms with E-state index < -0.39 is 0 Å². The molecule has 0 unspecified atom stereocenters. The third-order valence-electron chi connectivity index (χ3n) is 3.09. The molecule has 2 rings (SSSR count). The zero-order valence-corrected chi connectivity index (χ0v) is 11.1. The van der Waals surface area contributed by atoms with Crippen LogP contribution in [-0.2, 0) is 11.3 Å². The summed E-state index contributed by atoms with van der Waals surface area (Å²) in [6.07, 6.45) is 2.80.